The molecule has 1 aromatic carbocycles. The normalized spacial score (nSPS) is 20.1. The standard InChI is InChI=1S/C19H28N2O4S2/c1-3-4-15-27(23,24)20-11-9-19(10-12-20)21(13-14-26-19)18(22)16-5-7-17(25-2)8-6-16/h5-8H,3-4,9-15H2,1-2H3. The average molecular weight is 413 g/mol. The highest BCUT2D eigenvalue weighted by atomic mass is 32.2. The van der Waals surface area contributed by atoms with Gasteiger partial charge in [0, 0.05) is 31.0 Å². The molecule has 1 spiro atoms. The van der Waals surface area contributed by atoms with E-state index in [-0.39, 0.29) is 16.5 Å². The molecule has 8 heteroatoms. The van der Waals surface area contributed by atoms with Crippen molar-refractivity contribution in [3.63, 3.8) is 0 Å². The van der Waals surface area contributed by atoms with E-state index < -0.39 is 10.0 Å². The molecule has 2 aliphatic rings. The first-order chi connectivity index (χ1) is 12.9. The first-order valence-electron chi connectivity index (χ1n) is 9.50. The van der Waals surface area contributed by atoms with E-state index >= 15 is 0 Å². The SMILES string of the molecule is CCCCS(=O)(=O)N1CCC2(CC1)SCCN2C(=O)c1ccc(OC)cc1. The van der Waals surface area contributed by atoms with Gasteiger partial charge in [-0.1, -0.05) is 13.3 Å². The van der Waals surface area contributed by atoms with Crippen LogP contribution >= 0.6 is 11.8 Å². The second-order valence-electron chi connectivity index (χ2n) is 7.05. The molecule has 2 aliphatic heterocycles. The molecule has 1 amide bonds. The topological polar surface area (TPSA) is 66.9 Å². The number of hydrogen-bond donors (Lipinski definition) is 0. The lowest BCUT2D eigenvalue weighted by Crippen LogP contribution is -2.53. The molecule has 2 fully saturated rings. The lowest BCUT2D eigenvalue weighted by atomic mass is 10.0. The molecular formula is C19H28N2O4S2. The number of nitrogens with zero attached hydrogens (tertiary/aromatic N) is 2. The van der Waals surface area contributed by atoms with Gasteiger partial charge < -0.3 is 9.64 Å². The van der Waals surface area contributed by atoms with Crippen LogP contribution in [0, 0.1) is 0 Å². The molecule has 0 saturated carbocycles. The summed E-state index contributed by atoms with van der Waals surface area (Å²) in [5, 5.41) is 0. The molecule has 0 unspecified atom stereocenters. The third-order valence-corrected chi connectivity index (χ3v) is 8.92. The Kier molecular flexibility index (Phi) is 6.38. The maximum absolute atomic E-state index is 13.1. The minimum absolute atomic E-state index is 0.0185. The van der Waals surface area contributed by atoms with E-state index in [2.05, 4.69) is 0 Å². The second-order valence-corrected chi connectivity index (χ2v) is 10.6. The number of piperidine rings is 1. The van der Waals surface area contributed by atoms with Crippen molar-refractivity contribution < 1.29 is 17.9 Å². The van der Waals surface area contributed by atoms with E-state index in [1.165, 1.54) is 0 Å². The summed E-state index contributed by atoms with van der Waals surface area (Å²) < 4.78 is 31.7. The zero-order chi connectivity index (χ0) is 19.5. The monoisotopic (exact) mass is 412 g/mol. The molecule has 0 bridgehead atoms. The van der Waals surface area contributed by atoms with Gasteiger partial charge in [0.15, 0.2) is 0 Å². The molecule has 6 nitrogen and oxygen atoms in total. The van der Waals surface area contributed by atoms with Crippen molar-refractivity contribution >= 4 is 27.7 Å². The summed E-state index contributed by atoms with van der Waals surface area (Å²) in [6.07, 6.45) is 2.94. The van der Waals surface area contributed by atoms with E-state index in [9.17, 15) is 13.2 Å². The minimum atomic E-state index is -3.18. The minimum Gasteiger partial charge on any atom is -0.497 e. The first-order valence-corrected chi connectivity index (χ1v) is 12.1. The fourth-order valence-electron chi connectivity index (χ4n) is 3.77. The van der Waals surface area contributed by atoms with Crippen LogP contribution in [-0.2, 0) is 10.0 Å². The van der Waals surface area contributed by atoms with Gasteiger partial charge in [-0.2, -0.15) is 0 Å². The fraction of sp³-hybridized carbons (Fsp3) is 0.632. The first kappa shape index (κ1) is 20.5. The summed E-state index contributed by atoms with van der Waals surface area (Å²) in [5.41, 5.74) is 0.649. The smallest absolute Gasteiger partial charge is 0.255 e. The molecule has 0 N–H and O–H groups in total. The van der Waals surface area contributed by atoms with E-state index in [1.54, 1.807) is 47.4 Å². The Morgan fingerprint density at radius 1 is 1.19 bits per heavy atom. The van der Waals surface area contributed by atoms with Crippen LogP contribution in [0.25, 0.3) is 0 Å². The maximum atomic E-state index is 13.1. The summed E-state index contributed by atoms with van der Waals surface area (Å²) in [6.45, 7) is 3.69. The number of sulfonamides is 1. The number of carbonyl (C=O) groups excluding carboxylic acids is 1. The summed E-state index contributed by atoms with van der Waals surface area (Å²) in [7, 11) is -1.58. The molecule has 3 rings (SSSR count). The highest BCUT2D eigenvalue weighted by molar-refractivity contribution is 8.00. The Labute approximate surface area is 166 Å². The van der Waals surface area contributed by atoms with Crippen molar-refractivity contribution in [2.24, 2.45) is 0 Å². The third kappa shape index (κ3) is 4.27. The highest BCUT2D eigenvalue weighted by Gasteiger charge is 2.47. The molecule has 2 saturated heterocycles. The summed E-state index contributed by atoms with van der Waals surface area (Å²) in [5.74, 6) is 1.86. The maximum Gasteiger partial charge on any atom is 0.255 e. The molecule has 2 heterocycles. The van der Waals surface area contributed by atoms with Gasteiger partial charge in [0.05, 0.1) is 17.7 Å². The van der Waals surface area contributed by atoms with Crippen molar-refractivity contribution in [2.45, 2.75) is 37.5 Å². The van der Waals surface area contributed by atoms with Crippen LogP contribution in [0.5, 0.6) is 5.75 Å². The second kappa shape index (κ2) is 8.41. The predicted octanol–water partition coefficient (Wildman–Crippen LogP) is 2.81. The molecule has 1 aromatic rings. The Hall–Kier alpha value is -1.25. The van der Waals surface area contributed by atoms with Crippen LogP contribution in [0.1, 0.15) is 43.0 Å². The lowest BCUT2D eigenvalue weighted by molar-refractivity contribution is 0.0605. The van der Waals surface area contributed by atoms with Crippen LogP contribution in [-0.4, -0.2) is 66.7 Å². The van der Waals surface area contributed by atoms with Gasteiger partial charge in [-0.05, 0) is 43.5 Å². The van der Waals surface area contributed by atoms with Gasteiger partial charge in [0.1, 0.15) is 5.75 Å². The summed E-state index contributed by atoms with van der Waals surface area (Å²) in [4.78, 5) is 14.7. The van der Waals surface area contributed by atoms with Crippen LogP contribution in [0.4, 0.5) is 0 Å². The van der Waals surface area contributed by atoms with Gasteiger partial charge in [-0.15, -0.1) is 11.8 Å². The summed E-state index contributed by atoms with van der Waals surface area (Å²) >= 11 is 1.79. The van der Waals surface area contributed by atoms with Crippen LogP contribution < -0.4 is 4.74 Å². The zero-order valence-corrected chi connectivity index (χ0v) is 17.7. The van der Waals surface area contributed by atoms with Crippen LogP contribution in [0.3, 0.4) is 0 Å². The fourth-order valence-corrected chi connectivity index (χ4v) is 6.87. The van der Waals surface area contributed by atoms with E-state index in [4.69, 9.17) is 4.74 Å². The predicted molar refractivity (Wildman–Crippen MR) is 109 cm³/mol. The van der Waals surface area contributed by atoms with Gasteiger partial charge in [0.2, 0.25) is 10.0 Å². The Morgan fingerprint density at radius 3 is 2.44 bits per heavy atom. The molecular weight excluding hydrogens is 384 g/mol. The molecule has 0 aliphatic carbocycles. The van der Waals surface area contributed by atoms with Crippen molar-refractivity contribution in [3.8, 4) is 5.75 Å². The number of benzene rings is 1. The molecule has 150 valence electrons. The number of thioether (sulfide) groups is 1. The van der Waals surface area contributed by atoms with Crippen LogP contribution in [0.2, 0.25) is 0 Å². The van der Waals surface area contributed by atoms with Crippen molar-refractivity contribution in [2.75, 3.05) is 38.2 Å². The molecule has 0 atom stereocenters. The van der Waals surface area contributed by atoms with Gasteiger partial charge in [0.25, 0.3) is 5.91 Å². The Balaban J connectivity index is 1.70. The van der Waals surface area contributed by atoms with Crippen LogP contribution in [0.15, 0.2) is 24.3 Å². The van der Waals surface area contributed by atoms with E-state index in [1.807, 2.05) is 11.8 Å². The average Bonchev–Trinajstić information content (AvgIpc) is 3.09. The van der Waals surface area contributed by atoms with Crippen molar-refractivity contribution in [1.29, 1.82) is 0 Å². The third-order valence-electron chi connectivity index (χ3n) is 5.41. The highest BCUT2D eigenvalue weighted by Crippen LogP contribution is 2.45. The molecule has 0 radical (unpaired) electrons. The molecule has 27 heavy (non-hydrogen) atoms. The number of hydrogen-bond acceptors (Lipinski definition) is 5. The van der Waals surface area contributed by atoms with E-state index in [0.717, 1.165) is 17.9 Å². The lowest BCUT2D eigenvalue weighted by Gasteiger charge is -2.43. The quantitative estimate of drug-likeness (QED) is 0.719. The largest absolute Gasteiger partial charge is 0.497 e. The van der Waals surface area contributed by atoms with Gasteiger partial charge >= 0.3 is 0 Å². The van der Waals surface area contributed by atoms with Crippen molar-refractivity contribution in [3.05, 3.63) is 29.8 Å². The number of amides is 1. The van der Waals surface area contributed by atoms with Gasteiger partial charge in [-0.25, -0.2) is 12.7 Å². The number of rotatable bonds is 6. The molecule has 0 aromatic heterocycles. The van der Waals surface area contributed by atoms with Crippen molar-refractivity contribution in [1.82, 2.24) is 9.21 Å². The number of carbonyl (C=O) groups is 1. The number of ether oxygens (including phenoxy) is 1. The van der Waals surface area contributed by atoms with E-state index in [0.29, 0.717) is 44.5 Å². The van der Waals surface area contributed by atoms with Gasteiger partial charge in [-0.3, -0.25) is 4.79 Å². The summed E-state index contributed by atoms with van der Waals surface area (Å²) in [6, 6.07) is 7.18. The number of methoxy groups -OCH3 is 1. The number of unbranched alkanes of at least 4 members (excludes halogenated alkanes) is 1. The zero-order valence-electron chi connectivity index (χ0n) is 16.0. The Bertz CT molecular complexity index is 756. The Morgan fingerprint density at radius 2 is 1.85 bits per heavy atom.